The van der Waals surface area contributed by atoms with Crippen molar-refractivity contribution >= 4 is 5.97 Å². The van der Waals surface area contributed by atoms with E-state index >= 15 is 0 Å². The Morgan fingerprint density at radius 3 is 2.40 bits per heavy atom. The summed E-state index contributed by atoms with van der Waals surface area (Å²) in [4.78, 5) is 12.6. The molecule has 0 saturated heterocycles. The number of carbonyl (C=O) groups excluding carboxylic acids is 1. The minimum atomic E-state index is -4.53. The Kier molecular flexibility index (Phi) is 6.55. The minimum absolute atomic E-state index is 0.0397. The molecule has 0 aliphatic rings. The fraction of sp³-hybridized carbons (Fsp3) is 0.115. The summed E-state index contributed by atoms with van der Waals surface area (Å²) in [6.45, 7) is -0.245. The van der Waals surface area contributed by atoms with Crippen molar-refractivity contribution in [2.24, 2.45) is 7.05 Å². The summed E-state index contributed by atoms with van der Waals surface area (Å²) in [7, 11) is 1.58. The molecule has 0 atom stereocenters. The number of hydrogen-bond donors (Lipinski definition) is 0. The van der Waals surface area contributed by atoms with Crippen LogP contribution in [0.5, 0.6) is 11.6 Å². The molecule has 35 heavy (non-hydrogen) atoms. The molecule has 0 amide bonds. The normalized spacial score (nSPS) is 11.1. The van der Waals surface area contributed by atoms with E-state index in [1.54, 1.807) is 7.05 Å². The van der Waals surface area contributed by atoms with E-state index in [0.29, 0.717) is 22.4 Å². The van der Waals surface area contributed by atoms with Crippen LogP contribution in [0.25, 0.3) is 11.3 Å². The van der Waals surface area contributed by atoms with Crippen LogP contribution in [0, 0.1) is 11.3 Å². The van der Waals surface area contributed by atoms with Crippen molar-refractivity contribution in [1.29, 1.82) is 5.26 Å². The number of nitriles is 1. The summed E-state index contributed by atoms with van der Waals surface area (Å²) in [6, 6.07) is 21.5. The quantitative estimate of drug-likeness (QED) is 0.313. The fourth-order valence-corrected chi connectivity index (χ4v) is 3.39. The largest absolute Gasteiger partial charge is 0.457 e. The summed E-state index contributed by atoms with van der Waals surface area (Å²) in [6.07, 6.45) is -4.53. The van der Waals surface area contributed by atoms with Gasteiger partial charge in [-0.05, 0) is 42.5 Å². The van der Waals surface area contributed by atoms with E-state index in [2.05, 4.69) is 5.10 Å². The molecule has 0 saturated carbocycles. The first-order valence-corrected chi connectivity index (χ1v) is 10.4. The molecule has 4 rings (SSSR count). The Balaban J connectivity index is 1.67. The molecule has 0 radical (unpaired) electrons. The smallest absolute Gasteiger partial charge is 0.416 e. The summed E-state index contributed by atoms with van der Waals surface area (Å²) in [5.74, 6) is -0.541. The minimum Gasteiger partial charge on any atom is -0.457 e. The Morgan fingerprint density at radius 2 is 1.74 bits per heavy atom. The van der Waals surface area contributed by atoms with Gasteiger partial charge in [0.2, 0.25) is 5.88 Å². The van der Waals surface area contributed by atoms with Crippen LogP contribution >= 0.6 is 0 Å². The second-order valence-corrected chi connectivity index (χ2v) is 7.51. The Hall–Kier alpha value is -4.58. The lowest BCUT2D eigenvalue weighted by atomic mass is 10.1. The number of alkyl halides is 3. The van der Waals surface area contributed by atoms with Gasteiger partial charge >= 0.3 is 12.1 Å². The van der Waals surface area contributed by atoms with Crippen LogP contribution in [0.1, 0.15) is 27.0 Å². The number of halogens is 3. The van der Waals surface area contributed by atoms with Crippen LogP contribution in [0.4, 0.5) is 13.2 Å². The van der Waals surface area contributed by atoms with Crippen LogP contribution < -0.4 is 4.74 Å². The van der Waals surface area contributed by atoms with Crippen LogP contribution in [0.15, 0.2) is 78.9 Å². The van der Waals surface area contributed by atoms with E-state index in [-0.39, 0.29) is 23.8 Å². The van der Waals surface area contributed by atoms with Crippen molar-refractivity contribution in [2.75, 3.05) is 0 Å². The zero-order valence-electron chi connectivity index (χ0n) is 18.4. The molecular formula is C26H18F3N3O3. The number of carbonyl (C=O) groups is 1. The van der Waals surface area contributed by atoms with Gasteiger partial charge in [0.15, 0.2) is 0 Å². The van der Waals surface area contributed by atoms with E-state index in [4.69, 9.17) is 14.7 Å². The molecule has 0 aliphatic heterocycles. The van der Waals surface area contributed by atoms with Crippen LogP contribution in [-0.4, -0.2) is 15.7 Å². The maximum atomic E-state index is 13.2. The second kappa shape index (κ2) is 9.73. The Bertz CT molecular complexity index is 1390. The summed E-state index contributed by atoms with van der Waals surface area (Å²) in [5, 5.41) is 13.4. The maximum Gasteiger partial charge on any atom is 0.416 e. The lowest BCUT2D eigenvalue weighted by molar-refractivity contribution is -0.137. The lowest BCUT2D eigenvalue weighted by Crippen LogP contribution is -2.07. The molecule has 0 N–H and O–H groups in total. The zero-order chi connectivity index (χ0) is 25.0. The molecule has 176 valence electrons. The van der Waals surface area contributed by atoms with Crippen molar-refractivity contribution < 1.29 is 27.4 Å². The van der Waals surface area contributed by atoms with Crippen molar-refractivity contribution in [3.8, 4) is 29.0 Å². The third kappa shape index (κ3) is 5.33. The molecule has 3 aromatic carbocycles. The highest BCUT2D eigenvalue weighted by molar-refractivity contribution is 5.89. The van der Waals surface area contributed by atoms with Gasteiger partial charge in [0.25, 0.3) is 0 Å². The zero-order valence-corrected chi connectivity index (χ0v) is 18.4. The number of aryl methyl sites for hydroxylation is 1. The van der Waals surface area contributed by atoms with Crippen LogP contribution in [0.3, 0.4) is 0 Å². The summed E-state index contributed by atoms with van der Waals surface area (Å²) >= 11 is 0. The van der Waals surface area contributed by atoms with Crippen LogP contribution in [0.2, 0.25) is 0 Å². The van der Waals surface area contributed by atoms with E-state index in [9.17, 15) is 18.0 Å². The van der Waals surface area contributed by atoms with Gasteiger partial charge in [0.1, 0.15) is 18.1 Å². The van der Waals surface area contributed by atoms with Crippen molar-refractivity contribution in [1.82, 2.24) is 9.78 Å². The number of rotatable bonds is 6. The molecule has 0 aliphatic carbocycles. The number of nitrogens with zero attached hydrogens (tertiary/aromatic N) is 3. The standard InChI is InChI=1S/C26H18F3N3O3/c1-32-24(35-21-9-5-8-20(14-21)26(27,28)29)22(23(31-32)18-6-3-2-4-7-18)16-34-25(33)19-12-10-17(15-30)11-13-19/h2-14H,16H2,1H3. The number of hydrogen-bond acceptors (Lipinski definition) is 5. The van der Waals surface area contributed by atoms with E-state index in [0.717, 1.165) is 12.1 Å². The summed E-state index contributed by atoms with van der Waals surface area (Å²) in [5.41, 5.74) is 1.35. The predicted octanol–water partition coefficient (Wildman–Crippen LogP) is 6.13. The molecule has 9 heteroatoms. The van der Waals surface area contributed by atoms with Crippen molar-refractivity contribution in [3.63, 3.8) is 0 Å². The SMILES string of the molecule is Cn1nc(-c2ccccc2)c(COC(=O)c2ccc(C#N)cc2)c1Oc1cccc(C(F)(F)F)c1. The first-order chi connectivity index (χ1) is 16.8. The van der Waals surface area contributed by atoms with Gasteiger partial charge in [-0.3, -0.25) is 0 Å². The third-order valence-electron chi connectivity index (χ3n) is 5.11. The molecular weight excluding hydrogens is 459 g/mol. The third-order valence-corrected chi connectivity index (χ3v) is 5.11. The average molecular weight is 477 g/mol. The average Bonchev–Trinajstić information content (AvgIpc) is 3.17. The van der Waals surface area contributed by atoms with Gasteiger partial charge in [0, 0.05) is 12.6 Å². The fourth-order valence-electron chi connectivity index (χ4n) is 3.39. The van der Waals surface area contributed by atoms with E-state index in [1.807, 2.05) is 36.4 Å². The number of benzene rings is 3. The number of aromatic nitrogens is 2. The van der Waals surface area contributed by atoms with Crippen LogP contribution in [-0.2, 0) is 24.6 Å². The second-order valence-electron chi connectivity index (χ2n) is 7.51. The van der Waals surface area contributed by atoms with Gasteiger partial charge in [-0.15, -0.1) is 0 Å². The number of esters is 1. The monoisotopic (exact) mass is 477 g/mol. The first kappa shape index (κ1) is 23.6. The van der Waals surface area contributed by atoms with Crippen molar-refractivity contribution in [3.05, 3.63) is 101 Å². The molecule has 1 aromatic heterocycles. The predicted molar refractivity (Wildman–Crippen MR) is 120 cm³/mol. The van der Waals surface area contributed by atoms with Gasteiger partial charge < -0.3 is 9.47 Å². The highest BCUT2D eigenvalue weighted by Gasteiger charge is 2.31. The van der Waals surface area contributed by atoms with Gasteiger partial charge in [-0.2, -0.15) is 23.5 Å². The molecule has 1 heterocycles. The van der Waals surface area contributed by atoms with E-state index < -0.39 is 17.7 Å². The maximum absolute atomic E-state index is 13.2. The molecule has 0 spiro atoms. The lowest BCUT2D eigenvalue weighted by Gasteiger charge is -2.12. The first-order valence-electron chi connectivity index (χ1n) is 10.4. The Labute approximate surface area is 198 Å². The van der Waals surface area contributed by atoms with E-state index in [1.165, 1.54) is 41.1 Å². The molecule has 0 bridgehead atoms. The highest BCUT2D eigenvalue weighted by Crippen LogP contribution is 2.36. The molecule has 0 unspecified atom stereocenters. The number of ether oxygens (including phenoxy) is 2. The molecule has 4 aromatic rings. The Morgan fingerprint density at radius 1 is 1.03 bits per heavy atom. The topological polar surface area (TPSA) is 77.1 Å². The van der Waals surface area contributed by atoms with Gasteiger partial charge in [-0.1, -0.05) is 36.4 Å². The summed E-state index contributed by atoms with van der Waals surface area (Å²) < 4.78 is 52.2. The highest BCUT2D eigenvalue weighted by atomic mass is 19.4. The molecule has 6 nitrogen and oxygen atoms in total. The molecule has 0 fully saturated rings. The van der Waals surface area contributed by atoms with Gasteiger partial charge in [0.05, 0.1) is 28.3 Å². The van der Waals surface area contributed by atoms with Crippen molar-refractivity contribution in [2.45, 2.75) is 12.8 Å². The van der Waals surface area contributed by atoms with Gasteiger partial charge in [-0.25, -0.2) is 9.48 Å².